The summed E-state index contributed by atoms with van der Waals surface area (Å²) in [5.41, 5.74) is 2.13. The number of rotatable bonds is 2. The molecule has 3 nitrogen and oxygen atoms in total. The van der Waals surface area contributed by atoms with Crippen LogP contribution in [0.5, 0.6) is 0 Å². The molecular weight excluding hydrogens is 339 g/mol. The topological polar surface area (TPSA) is 30.2 Å². The molecule has 0 aliphatic carbocycles. The summed E-state index contributed by atoms with van der Waals surface area (Å²) in [5, 5.41) is 4.12. The molecule has 0 fully saturated rings. The van der Waals surface area contributed by atoms with E-state index in [-0.39, 0.29) is 11.3 Å². The third-order valence-electron chi connectivity index (χ3n) is 4.19. The minimum atomic E-state index is -4.54. The highest BCUT2D eigenvalue weighted by atomic mass is 19.4. The van der Waals surface area contributed by atoms with Crippen molar-refractivity contribution in [1.82, 2.24) is 14.6 Å². The van der Waals surface area contributed by atoms with E-state index in [0.29, 0.717) is 16.8 Å². The quantitative estimate of drug-likeness (QED) is 0.484. The maximum absolute atomic E-state index is 13.7. The first kappa shape index (κ1) is 16.3. The Balaban J connectivity index is 2.08. The summed E-state index contributed by atoms with van der Waals surface area (Å²) in [6.45, 7) is 1.69. The minimum Gasteiger partial charge on any atom is -0.228 e. The molecule has 4 rings (SSSR count). The lowest BCUT2D eigenvalue weighted by molar-refractivity contribution is -0.142. The van der Waals surface area contributed by atoms with Crippen LogP contribution in [-0.4, -0.2) is 14.6 Å². The van der Waals surface area contributed by atoms with Gasteiger partial charge in [-0.1, -0.05) is 60.7 Å². The molecular formula is C20H14F3N3. The Hall–Kier alpha value is -3.15. The highest BCUT2D eigenvalue weighted by Crippen LogP contribution is 2.35. The predicted molar refractivity (Wildman–Crippen MR) is 93.6 cm³/mol. The standard InChI is InChI=1S/C20H14F3N3/c1-13-18(15-10-6-3-7-11-15)19-24-16(14-8-4-2-5-9-14)12-17(20(21,22)23)26(19)25-13/h2-12H,1H3. The van der Waals surface area contributed by atoms with Gasteiger partial charge in [0.1, 0.15) is 0 Å². The van der Waals surface area contributed by atoms with Gasteiger partial charge in [0.2, 0.25) is 0 Å². The van der Waals surface area contributed by atoms with Gasteiger partial charge in [-0.2, -0.15) is 18.3 Å². The largest absolute Gasteiger partial charge is 0.433 e. The number of fused-ring (bicyclic) bond motifs is 1. The van der Waals surface area contributed by atoms with Crippen molar-refractivity contribution >= 4 is 5.65 Å². The van der Waals surface area contributed by atoms with E-state index in [1.807, 2.05) is 36.4 Å². The maximum Gasteiger partial charge on any atom is 0.433 e. The van der Waals surface area contributed by atoms with Gasteiger partial charge in [-0.25, -0.2) is 9.50 Å². The zero-order valence-electron chi connectivity index (χ0n) is 13.8. The van der Waals surface area contributed by atoms with Crippen LogP contribution in [0.3, 0.4) is 0 Å². The molecule has 0 saturated carbocycles. The highest BCUT2D eigenvalue weighted by Gasteiger charge is 2.36. The monoisotopic (exact) mass is 353 g/mol. The molecule has 2 heterocycles. The van der Waals surface area contributed by atoms with Crippen LogP contribution in [0, 0.1) is 6.92 Å². The van der Waals surface area contributed by atoms with E-state index in [1.54, 1.807) is 31.2 Å². The third kappa shape index (κ3) is 2.73. The van der Waals surface area contributed by atoms with Crippen molar-refractivity contribution in [3.05, 3.63) is 78.1 Å². The molecule has 0 N–H and O–H groups in total. The summed E-state index contributed by atoms with van der Waals surface area (Å²) in [6, 6.07) is 19.1. The van der Waals surface area contributed by atoms with Crippen molar-refractivity contribution < 1.29 is 13.2 Å². The molecule has 0 atom stereocenters. The Labute approximate surface area is 147 Å². The third-order valence-corrected chi connectivity index (χ3v) is 4.19. The summed E-state index contributed by atoms with van der Waals surface area (Å²) in [7, 11) is 0. The van der Waals surface area contributed by atoms with Gasteiger partial charge in [0, 0.05) is 11.1 Å². The van der Waals surface area contributed by atoms with Crippen LogP contribution < -0.4 is 0 Å². The number of alkyl halides is 3. The van der Waals surface area contributed by atoms with Gasteiger partial charge in [-0.05, 0) is 18.6 Å². The summed E-state index contributed by atoms with van der Waals surface area (Å²) < 4.78 is 41.9. The lowest BCUT2D eigenvalue weighted by Crippen LogP contribution is -2.13. The van der Waals surface area contributed by atoms with Gasteiger partial charge in [0.15, 0.2) is 11.3 Å². The Morgan fingerprint density at radius 3 is 2.00 bits per heavy atom. The van der Waals surface area contributed by atoms with E-state index >= 15 is 0 Å². The molecule has 0 unspecified atom stereocenters. The first-order chi connectivity index (χ1) is 12.4. The molecule has 0 aliphatic rings. The van der Waals surface area contributed by atoms with Gasteiger partial charge in [0.25, 0.3) is 0 Å². The molecule has 0 aliphatic heterocycles. The number of nitrogens with zero attached hydrogens (tertiary/aromatic N) is 3. The number of benzene rings is 2. The van der Waals surface area contributed by atoms with Crippen LogP contribution in [0.4, 0.5) is 13.2 Å². The average molecular weight is 353 g/mol. The molecule has 4 aromatic rings. The summed E-state index contributed by atoms with van der Waals surface area (Å²) >= 11 is 0. The summed E-state index contributed by atoms with van der Waals surface area (Å²) in [5.74, 6) is 0. The van der Waals surface area contributed by atoms with Crippen LogP contribution in [-0.2, 0) is 6.18 Å². The molecule has 0 spiro atoms. The molecule has 26 heavy (non-hydrogen) atoms. The number of hydrogen-bond donors (Lipinski definition) is 0. The summed E-state index contributed by atoms with van der Waals surface area (Å²) in [6.07, 6.45) is -4.54. The van der Waals surface area contributed by atoms with Crippen molar-refractivity contribution in [3.63, 3.8) is 0 Å². The fourth-order valence-electron chi connectivity index (χ4n) is 3.02. The molecule has 0 saturated heterocycles. The van der Waals surface area contributed by atoms with Crippen LogP contribution in [0.25, 0.3) is 28.0 Å². The predicted octanol–water partition coefficient (Wildman–Crippen LogP) is 5.39. The molecule has 6 heteroatoms. The zero-order valence-corrected chi connectivity index (χ0v) is 13.8. The zero-order chi connectivity index (χ0) is 18.3. The Morgan fingerprint density at radius 1 is 0.846 bits per heavy atom. The first-order valence-electron chi connectivity index (χ1n) is 8.03. The van der Waals surface area contributed by atoms with Gasteiger partial charge >= 0.3 is 6.18 Å². The van der Waals surface area contributed by atoms with Gasteiger partial charge in [0.05, 0.1) is 11.4 Å². The van der Waals surface area contributed by atoms with E-state index in [0.717, 1.165) is 16.1 Å². The fraction of sp³-hybridized carbons (Fsp3) is 0.100. The van der Waals surface area contributed by atoms with E-state index in [4.69, 9.17) is 0 Å². The van der Waals surface area contributed by atoms with Crippen LogP contribution >= 0.6 is 0 Å². The highest BCUT2D eigenvalue weighted by molar-refractivity contribution is 5.81. The second kappa shape index (κ2) is 5.98. The van der Waals surface area contributed by atoms with Crippen LogP contribution in [0.1, 0.15) is 11.4 Å². The van der Waals surface area contributed by atoms with E-state index in [1.165, 1.54) is 0 Å². The normalized spacial score (nSPS) is 11.8. The fourth-order valence-corrected chi connectivity index (χ4v) is 3.02. The van der Waals surface area contributed by atoms with E-state index < -0.39 is 11.9 Å². The number of hydrogen-bond acceptors (Lipinski definition) is 2. The van der Waals surface area contributed by atoms with E-state index in [9.17, 15) is 13.2 Å². The molecule has 130 valence electrons. The minimum absolute atomic E-state index is 0.197. The van der Waals surface area contributed by atoms with Gasteiger partial charge < -0.3 is 0 Å². The Kier molecular flexibility index (Phi) is 3.76. The number of halogens is 3. The molecule has 2 aromatic heterocycles. The number of aryl methyl sites for hydroxylation is 1. The van der Waals surface area contributed by atoms with Crippen molar-refractivity contribution in [3.8, 4) is 22.4 Å². The van der Waals surface area contributed by atoms with E-state index in [2.05, 4.69) is 10.1 Å². The first-order valence-corrected chi connectivity index (χ1v) is 8.03. The Bertz CT molecular complexity index is 1070. The molecule has 0 amide bonds. The summed E-state index contributed by atoms with van der Waals surface area (Å²) in [4.78, 5) is 4.52. The van der Waals surface area contributed by atoms with Crippen molar-refractivity contribution in [2.75, 3.05) is 0 Å². The van der Waals surface area contributed by atoms with Crippen molar-refractivity contribution in [1.29, 1.82) is 0 Å². The lowest BCUT2D eigenvalue weighted by Gasteiger charge is -2.11. The smallest absolute Gasteiger partial charge is 0.228 e. The molecule has 0 radical (unpaired) electrons. The van der Waals surface area contributed by atoms with Gasteiger partial charge in [-0.15, -0.1) is 0 Å². The van der Waals surface area contributed by atoms with Crippen molar-refractivity contribution in [2.45, 2.75) is 13.1 Å². The van der Waals surface area contributed by atoms with Crippen LogP contribution in [0.15, 0.2) is 66.7 Å². The Morgan fingerprint density at radius 2 is 1.42 bits per heavy atom. The second-order valence-electron chi connectivity index (χ2n) is 5.95. The molecule has 2 aromatic carbocycles. The molecule has 0 bridgehead atoms. The average Bonchev–Trinajstić information content (AvgIpc) is 2.97. The van der Waals surface area contributed by atoms with Gasteiger partial charge in [-0.3, -0.25) is 0 Å². The lowest BCUT2D eigenvalue weighted by atomic mass is 10.1. The maximum atomic E-state index is 13.7. The number of aromatic nitrogens is 3. The van der Waals surface area contributed by atoms with Crippen LogP contribution in [0.2, 0.25) is 0 Å². The second-order valence-corrected chi connectivity index (χ2v) is 5.95. The van der Waals surface area contributed by atoms with Crippen molar-refractivity contribution in [2.24, 2.45) is 0 Å². The SMILES string of the molecule is Cc1nn2c(C(F)(F)F)cc(-c3ccccc3)nc2c1-c1ccccc1.